The summed E-state index contributed by atoms with van der Waals surface area (Å²) in [6.07, 6.45) is 0.988. The van der Waals surface area contributed by atoms with Gasteiger partial charge in [-0.2, -0.15) is 5.10 Å². The smallest absolute Gasteiger partial charge is 0.0625 e. The summed E-state index contributed by atoms with van der Waals surface area (Å²) in [5.74, 6) is 1.18. The van der Waals surface area contributed by atoms with E-state index in [0.29, 0.717) is 17.8 Å². The van der Waals surface area contributed by atoms with Crippen molar-refractivity contribution in [3.05, 3.63) is 17.5 Å². The molecule has 1 aromatic heterocycles. The van der Waals surface area contributed by atoms with E-state index in [9.17, 15) is 0 Å². The SMILES string of the molecule is CCc1cc(CNC(C)C(C)CCl)n(C)n1. The van der Waals surface area contributed by atoms with Crippen molar-refractivity contribution in [2.45, 2.75) is 39.8 Å². The van der Waals surface area contributed by atoms with Gasteiger partial charge in [-0.1, -0.05) is 13.8 Å². The fourth-order valence-corrected chi connectivity index (χ4v) is 1.78. The maximum absolute atomic E-state index is 5.83. The third-order valence-corrected chi connectivity index (χ3v) is 3.58. The van der Waals surface area contributed by atoms with E-state index in [1.165, 1.54) is 5.69 Å². The molecule has 0 aliphatic rings. The minimum absolute atomic E-state index is 0.428. The van der Waals surface area contributed by atoms with E-state index in [4.69, 9.17) is 11.6 Å². The monoisotopic (exact) mass is 243 g/mol. The van der Waals surface area contributed by atoms with Crippen LogP contribution < -0.4 is 5.32 Å². The highest BCUT2D eigenvalue weighted by Gasteiger charge is 2.11. The van der Waals surface area contributed by atoms with Gasteiger partial charge in [0.25, 0.3) is 0 Å². The van der Waals surface area contributed by atoms with E-state index < -0.39 is 0 Å². The van der Waals surface area contributed by atoms with Crippen molar-refractivity contribution in [2.24, 2.45) is 13.0 Å². The quantitative estimate of drug-likeness (QED) is 0.778. The van der Waals surface area contributed by atoms with Crippen LogP contribution in [0.5, 0.6) is 0 Å². The first-order valence-electron chi connectivity index (χ1n) is 5.89. The summed E-state index contributed by atoms with van der Waals surface area (Å²) >= 11 is 5.83. The zero-order valence-electron chi connectivity index (χ0n) is 10.6. The number of rotatable bonds is 6. The van der Waals surface area contributed by atoms with Crippen LogP contribution in [0, 0.1) is 5.92 Å². The van der Waals surface area contributed by atoms with Gasteiger partial charge in [0.15, 0.2) is 0 Å². The van der Waals surface area contributed by atoms with Crippen molar-refractivity contribution < 1.29 is 0 Å². The minimum Gasteiger partial charge on any atom is -0.308 e. The Hall–Kier alpha value is -0.540. The molecule has 0 spiro atoms. The molecule has 4 heteroatoms. The van der Waals surface area contributed by atoms with Crippen molar-refractivity contribution in [1.29, 1.82) is 0 Å². The summed E-state index contributed by atoms with van der Waals surface area (Å²) in [5.41, 5.74) is 2.38. The van der Waals surface area contributed by atoms with Gasteiger partial charge < -0.3 is 5.32 Å². The van der Waals surface area contributed by atoms with Gasteiger partial charge in [0.2, 0.25) is 0 Å². The second kappa shape index (κ2) is 6.26. The van der Waals surface area contributed by atoms with Crippen LogP contribution in [0.25, 0.3) is 0 Å². The Kier molecular flexibility index (Phi) is 5.29. The van der Waals surface area contributed by atoms with E-state index in [1.54, 1.807) is 0 Å². The van der Waals surface area contributed by atoms with E-state index in [2.05, 4.69) is 37.3 Å². The summed E-state index contributed by atoms with van der Waals surface area (Å²) < 4.78 is 1.95. The summed E-state index contributed by atoms with van der Waals surface area (Å²) in [5, 5.41) is 7.91. The Bertz CT molecular complexity index is 322. The highest BCUT2D eigenvalue weighted by Crippen LogP contribution is 2.07. The molecule has 1 rings (SSSR count). The fourth-order valence-electron chi connectivity index (χ4n) is 1.51. The molecule has 0 saturated heterocycles. The summed E-state index contributed by atoms with van der Waals surface area (Å²) in [7, 11) is 1.99. The summed E-state index contributed by atoms with van der Waals surface area (Å²) in [6, 6.07) is 2.59. The first-order chi connectivity index (χ1) is 7.58. The minimum atomic E-state index is 0.428. The third-order valence-electron chi connectivity index (χ3n) is 3.09. The van der Waals surface area contributed by atoms with Crippen molar-refractivity contribution in [1.82, 2.24) is 15.1 Å². The Morgan fingerprint density at radius 1 is 1.50 bits per heavy atom. The maximum Gasteiger partial charge on any atom is 0.0625 e. The average molecular weight is 244 g/mol. The molecule has 0 aromatic carbocycles. The van der Waals surface area contributed by atoms with Crippen LogP contribution in [-0.4, -0.2) is 21.7 Å². The number of aromatic nitrogens is 2. The van der Waals surface area contributed by atoms with Crippen LogP contribution in [0.15, 0.2) is 6.07 Å². The second-order valence-corrected chi connectivity index (χ2v) is 4.71. The standard InChI is InChI=1S/C12H22ClN3/c1-5-11-6-12(16(4)15-11)8-14-10(3)9(2)7-13/h6,9-10,14H,5,7-8H2,1-4H3. The average Bonchev–Trinajstić information content (AvgIpc) is 2.65. The van der Waals surface area contributed by atoms with Crippen molar-refractivity contribution in [3.63, 3.8) is 0 Å². The van der Waals surface area contributed by atoms with Gasteiger partial charge in [0.05, 0.1) is 11.4 Å². The lowest BCUT2D eigenvalue weighted by Gasteiger charge is -2.18. The lowest BCUT2D eigenvalue weighted by Crippen LogP contribution is -2.33. The molecule has 2 atom stereocenters. The van der Waals surface area contributed by atoms with Crippen molar-refractivity contribution in [3.8, 4) is 0 Å². The highest BCUT2D eigenvalue weighted by molar-refractivity contribution is 6.18. The number of halogens is 1. The van der Waals surface area contributed by atoms with E-state index in [1.807, 2.05) is 11.7 Å². The summed E-state index contributed by atoms with van der Waals surface area (Å²) in [6.45, 7) is 7.30. The van der Waals surface area contributed by atoms with E-state index in [-0.39, 0.29) is 0 Å². The Morgan fingerprint density at radius 2 is 2.19 bits per heavy atom. The van der Waals surface area contributed by atoms with Crippen LogP contribution in [0.2, 0.25) is 0 Å². The molecule has 16 heavy (non-hydrogen) atoms. The molecular formula is C12H22ClN3. The van der Waals surface area contributed by atoms with Crippen LogP contribution in [0.1, 0.15) is 32.2 Å². The molecule has 0 bridgehead atoms. The zero-order chi connectivity index (χ0) is 12.1. The Balaban J connectivity index is 2.50. The molecule has 2 unspecified atom stereocenters. The molecular weight excluding hydrogens is 222 g/mol. The molecule has 92 valence electrons. The van der Waals surface area contributed by atoms with Crippen LogP contribution in [-0.2, 0) is 20.0 Å². The van der Waals surface area contributed by atoms with Gasteiger partial charge in [-0.3, -0.25) is 4.68 Å². The molecule has 0 aliphatic carbocycles. The molecule has 0 aliphatic heterocycles. The van der Waals surface area contributed by atoms with Gasteiger partial charge in [0, 0.05) is 25.5 Å². The number of hydrogen-bond acceptors (Lipinski definition) is 2. The predicted molar refractivity (Wildman–Crippen MR) is 68.8 cm³/mol. The molecule has 1 aromatic rings. The van der Waals surface area contributed by atoms with Gasteiger partial charge >= 0.3 is 0 Å². The molecule has 0 amide bonds. The van der Waals surface area contributed by atoms with Crippen molar-refractivity contribution >= 4 is 11.6 Å². The molecule has 0 fully saturated rings. The normalized spacial score (nSPS) is 15.1. The van der Waals surface area contributed by atoms with Crippen LogP contribution in [0.4, 0.5) is 0 Å². The topological polar surface area (TPSA) is 29.9 Å². The first-order valence-corrected chi connectivity index (χ1v) is 6.43. The van der Waals surface area contributed by atoms with E-state index >= 15 is 0 Å². The summed E-state index contributed by atoms with van der Waals surface area (Å²) in [4.78, 5) is 0. The maximum atomic E-state index is 5.83. The largest absolute Gasteiger partial charge is 0.308 e. The number of alkyl halides is 1. The lowest BCUT2D eigenvalue weighted by atomic mass is 10.1. The molecule has 3 nitrogen and oxygen atoms in total. The first kappa shape index (κ1) is 13.5. The molecule has 0 saturated carbocycles. The predicted octanol–water partition coefficient (Wildman–Crippen LogP) is 2.34. The lowest BCUT2D eigenvalue weighted by molar-refractivity contribution is 0.423. The Morgan fingerprint density at radius 3 is 2.69 bits per heavy atom. The molecule has 1 heterocycles. The number of nitrogens with one attached hydrogen (secondary N) is 1. The van der Waals surface area contributed by atoms with Gasteiger partial charge in [0.1, 0.15) is 0 Å². The zero-order valence-corrected chi connectivity index (χ0v) is 11.4. The van der Waals surface area contributed by atoms with Crippen LogP contribution in [0.3, 0.4) is 0 Å². The molecule has 1 N–H and O–H groups in total. The number of aryl methyl sites for hydroxylation is 2. The third kappa shape index (κ3) is 3.49. The van der Waals surface area contributed by atoms with Gasteiger partial charge in [-0.25, -0.2) is 0 Å². The van der Waals surface area contributed by atoms with Gasteiger partial charge in [-0.05, 0) is 25.3 Å². The van der Waals surface area contributed by atoms with Crippen LogP contribution >= 0.6 is 11.6 Å². The highest BCUT2D eigenvalue weighted by atomic mass is 35.5. The van der Waals surface area contributed by atoms with Crippen molar-refractivity contribution in [2.75, 3.05) is 5.88 Å². The number of nitrogens with zero attached hydrogens (tertiary/aromatic N) is 2. The number of hydrogen-bond donors (Lipinski definition) is 1. The van der Waals surface area contributed by atoms with E-state index in [0.717, 1.165) is 18.7 Å². The van der Waals surface area contributed by atoms with Gasteiger partial charge in [-0.15, -0.1) is 11.6 Å². The molecule has 0 radical (unpaired) electrons. The fraction of sp³-hybridized carbons (Fsp3) is 0.750. The Labute approximate surface area is 103 Å². The second-order valence-electron chi connectivity index (χ2n) is 4.41.